The second-order valence-corrected chi connectivity index (χ2v) is 5.21. The van der Waals surface area contributed by atoms with Crippen LogP contribution in [0.25, 0.3) is 0 Å². The van der Waals surface area contributed by atoms with Crippen molar-refractivity contribution < 1.29 is 9.53 Å². The van der Waals surface area contributed by atoms with Gasteiger partial charge in [-0.25, -0.2) is 0 Å². The SMILES string of the molecule is Cc1cc(C)cc(OCC(=O)N[C@H](C)C(C)C)c1. The summed E-state index contributed by atoms with van der Waals surface area (Å²) in [5, 5.41) is 2.91. The van der Waals surface area contributed by atoms with Gasteiger partial charge < -0.3 is 10.1 Å². The number of hydrogen-bond acceptors (Lipinski definition) is 2. The fraction of sp³-hybridized carbons (Fsp3) is 0.533. The molecule has 1 N–H and O–H groups in total. The molecule has 18 heavy (non-hydrogen) atoms. The van der Waals surface area contributed by atoms with Crippen molar-refractivity contribution in [1.29, 1.82) is 0 Å². The van der Waals surface area contributed by atoms with Crippen LogP contribution in [0, 0.1) is 19.8 Å². The first-order valence-electron chi connectivity index (χ1n) is 6.39. The van der Waals surface area contributed by atoms with Crippen LogP contribution in [0.15, 0.2) is 18.2 Å². The van der Waals surface area contributed by atoms with Gasteiger partial charge in [-0.05, 0) is 49.9 Å². The van der Waals surface area contributed by atoms with Crippen LogP contribution in [0.2, 0.25) is 0 Å². The third-order valence-corrected chi connectivity index (χ3v) is 2.95. The van der Waals surface area contributed by atoms with Crippen LogP contribution < -0.4 is 10.1 Å². The van der Waals surface area contributed by atoms with Gasteiger partial charge in [-0.3, -0.25) is 4.79 Å². The predicted octanol–water partition coefficient (Wildman–Crippen LogP) is 2.84. The van der Waals surface area contributed by atoms with Crippen LogP contribution >= 0.6 is 0 Å². The van der Waals surface area contributed by atoms with E-state index in [2.05, 4.69) is 25.2 Å². The average molecular weight is 249 g/mol. The van der Waals surface area contributed by atoms with E-state index < -0.39 is 0 Å². The van der Waals surface area contributed by atoms with Crippen LogP contribution in [0.5, 0.6) is 5.75 Å². The van der Waals surface area contributed by atoms with Gasteiger partial charge in [0.15, 0.2) is 6.61 Å². The van der Waals surface area contributed by atoms with Crippen molar-refractivity contribution in [2.45, 2.75) is 40.7 Å². The van der Waals surface area contributed by atoms with E-state index in [1.54, 1.807) is 0 Å². The maximum absolute atomic E-state index is 11.7. The van der Waals surface area contributed by atoms with Crippen LogP contribution in [-0.2, 0) is 4.79 Å². The third kappa shape index (κ3) is 4.78. The second-order valence-electron chi connectivity index (χ2n) is 5.21. The van der Waals surface area contributed by atoms with E-state index in [1.807, 2.05) is 32.9 Å². The lowest BCUT2D eigenvalue weighted by molar-refractivity contribution is -0.124. The molecule has 3 heteroatoms. The van der Waals surface area contributed by atoms with Crippen molar-refractivity contribution in [3.05, 3.63) is 29.3 Å². The summed E-state index contributed by atoms with van der Waals surface area (Å²) < 4.78 is 5.50. The van der Waals surface area contributed by atoms with Gasteiger partial charge in [0.25, 0.3) is 5.91 Å². The number of ether oxygens (including phenoxy) is 1. The summed E-state index contributed by atoms with van der Waals surface area (Å²) in [6, 6.07) is 6.12. The number of amides is 1. The molecule has 0 radical (unpaired) electrons. The minimum absolute atomic E-state index is 0.0694. The highest BCUT2D eigenvalue weighted by molar-refractivity contribution is 5.77. The molecule has 0 aliphatic heterocycles. The average Bonchev–Trinajstić information content (AvgIpc) is 2.25. The lowest BCUT2D eigenvalue weighted by atomic mass is 10.1. The maximum Gasteiger partial charge on any atom is 0.258 e. The fourth-order valence-electron chi connectivity index (χ4n) is 1.63. The summed E-state index contributed by atoms with van der Waals surface area (Å²) in [5.74, 6) is 1.10. The number of rotatable bonds is 5. The number of carbonyl (C=O) groups excluding carboxylic acids is 1. The third-order valence-electron chi connectivity index (χ3n) is 2.95. The molecule has 0 unspecified atom stereocenters. The number of carbonyl (C=O) groups is 1. The van der Waals surface area contributed by atoms with E-state index in [0.717, 1.165) is 16.9 Å². The van der Waals surface area contributed by atoms with Gasteiger partial charge in [-0.15, -0.1) is 0 Å². The normalized spacial score (nSPS) is 12.3. The van der Waals surface area contributed by atoms with Crippen molar-refractivity contribution in [1.82, 2.24) is 5.32 Å². The molecule has 0 saturated heterocycles. The van der Waals surface area contributed by atoms with Gasteiger partial charge in [0.1, 0.15) is 5.75 Å². The van der Waals surface area contributed by atoms with E-state index in [1.165, 1.54) is 0 Å². The van der Waals surface area contributed by atoms with Crippen molar-refractivity contribution >= 4 is 5.91 Å². The van der Waals surface area contributed by atoms with Gasteiger partial charge >= 0.3 is 0 Å². The summed E-state index contributed by atoms with van der Waals surface area (Å²) in [5.41, 5.74) is 2.28. The Morgan fingerprint density at radius 1 is 1.17 bits per heavy atom. The first kappa shape index (κ1) is 14.6. The van der Waals surface area contributed by atoms with E-state index >= 15 is 0 Å². The zero-order valence-corrected chi connectivity index (χ0v) is 11.9. The highest BCUT2D eigenvalue weighted by Crippen LogP contribution is 2.15. The number of benzene rings is 1. The maximum atomic E-state index is 11.7. The molecule has 0 spiro atoms. The molecule has 0 heterocycles. The summed E-state index contributed by atoms with van der Waals surface area (Å²) in [4.78, 5) is 11.7. The molecule has 3 nitrogen and oxygen atoms in total. The Kier molecular flexibility index (Phi) is 5.20. The highest BCUT2D eigenvalue weighted by Gasteiger charge is 2.11. The first-order chi connectivity index (χ1) is 8.38. The molecule has 1 aromatic carbocycles. The van der Waals surface area contributed by atoms with E-state index in [9.17, 15) is 4.79 Å². The van der Waals surface area contributed by atoms with Gasteiger partial charge in [-0.1, -0.05) is 19.9 Å². The minimum atomic E-state index is -0.0737. The van der Waals surface area contributed by atoms with Gasteiger partial charge in [0.2, 0.25) is 0 Å². The Morgan fingerprint density at radius 2 is 1.72 bits per heavy atom. The molecule has 1 atom stereocenters. The van der Waals surface area contributed by atoms with E-state index in [0.29, 0.717) is 5.92 Å². The molecule has 1 rings (SSSR count). The number of hydrogen-bond donors (Lipinski definition) is 1. The van der Waals surface area contributed by atoms with Crippen LogP contribution in [0.1, 0.15) is 31.9 Å². The lowest BCUT2D eigenvalue weighted by Crippen LogP contribution is -2.38. The lowest BCUT2D eigenvalue weighted by Gasteiger charge is -2.17. The monoisotopic (exact) mass is 249 g/mol. The highest BCUT2D eigenvalue weighted by atomic mass is 16.5. The Hall–Kier alpha value is -1.51. The van der Waals surface area contributed by atoms with Crippen molar-refractivity contribution in [3.63, 3.8) is 0 Å². The zero-order valence-electron chi connectivity index (χ0n) is 11.9. The van der Waals surface area contributed by atoms with E-state index in [-0.39, 0.29) is 18.6 Å². The predicted molar refractivity (Wildman–Crippen MR) is 73.9 cm³/mol. The van der Waals surface area contributed by atoms with E-state index in [4.69, 9.17) is 4.74 Å². The van der Waals surface area contributed by atoms with Crippen molar-refractivity contribution in [3.8, 4) is 5.75 Å². The molecule has 0 aromatic heterocycles. The Bertz CT molecular complexity index is 393. The van der Waals surface area contributed by atoms with Gasteiger partial charge in [0.05, 0.1) is 0 Å². The Morgan fingerprint density at radius 3 is 2.22 bits per heavy atom. The smallest absolute Gasteiger partial charge is 0.258 e. The Labute approximate surface area is 110 Å². The molecule has 1 amide bonds. The van der Waals surface area contributed by atoms with Crippen LogP contribution in [-0.4, -0.2) is 18.6 Å². The quantitative estimate of drug-likeness (QED) is 0.871. The summed E-state index contributed by atoms with van der Waals surface area (Å²) in [7, 11) is 0. The minimum Gasteiger partial charge on any atom is -0.484 e. The molecule has 1 aromatic rings. The standard InChI is InChI=1S/C15H23NO2/c1-10(2)13(5)16-15(17)9-18-14-7-11(3)6-12(4)8-14/h6-8,10,13H,9H2,1-5H3,(H,16,17)/t13-/m1/s1. The topological polar surface area (TPSA) is 38.3 Å². The van der Waals surface area contributed by atoms with Gasteiger partial charge in [-0.2, -0.15) is 0 Å². The molecule has 0 bridgehead atoms. The van der Waals surface area contributed by atoms with Gasteiger partial charge in [0, 0.05) is 6.04 Å². The van der Waals surface area contributed by atoms with Crippen LogP contribution in [0.4, 0.5) is 0 Å². The molecular weight excluding hydrogens is 226 g/mol. The largest absolute Gasteiger partial charge is 0.484 e. The molecule has 0 fully saturated rings. The molecule has 0 aliphatic carbocycles. The first-order valence-corrected chi connectivity index (χ1v) is 6.39. The molecular formula is C15H23NO2. The zero-order chi connectivity index (χ0) is 13.7. The van der Waals surface area contributed by atoms with Crippen molar-refractivity contribution in [2.75, 3.05) is 6.61 Å². The second kappa shape index (κ2) is 6.43. The summed E-state index contributed by atoms with van der Waals surface area (Å²) in [6.45, 7) is 10.3. The summed E-state index contributed by atoms with van der Waals surface area (Å²) in [6.07, 6.45) is 0. The molecule has 0 saturated carbocycles. The van der Waals surface area contributed by atoms with Crippen LogP contribution in [0.3, 0.4) is 0 Å². The fourth-order valence-corrected chi connectivity index (χ4v) is 1.63. The number of nitrogens with one attached hydrogen (secondary N) is 1. The Balaban J connectivity index is 2.47. The molecule has 100 valence electrons. The molecule has 0 aliphatic rings. The van der Waals surface area contributed by atoms with Crippen molar-refractivity contribution in [2.24, 2.45) is 5.92 Å². The summed E-state index contributed by atoms with van der Waals surface area (Å²) >= 11 is 0. The number of aryl methyl sites for hydroxylation is 2.